The van der Waals surface area contributed by atoms with E-state index in [1.807, 2.05) is 24.3 Å². The number of aromatic nitrogens is 1. The molecule has 0 unspecified atom stereocenters. The Balaban J connectivity index is 1.53. The maximum atomic E-state index is 12.6. The highest BCUT2D eigenvalue weighted by Gasteiger charge is 2.50. The molecule has 1 amide bonds. The van der Waals surface area contributed by atoms with Gasteiger partial charge < -0.3 is 10.3 Å². The Morgan fingerprint density at radius 3 is 2.50 bits per heavy atom. The molecule has 1 fully saturated rings. The fourth-order valence-corrected chi connectivity index (χ4v) is 4.01. The van der Waals surface area contributed by atoms with Gasteiger partial charge in [0.2, 0.25) is 0 Å². The summed E-state index contributed by atoms with van der Waals surface area (Å²) in [4.78, 5) is 15.2. The van der Waals surface area contributed by atoms with Gasteiger partial charge >= 0.3 is 15.5 Å². The topological polar surface area (TPSA) is 82.3 Å². The van der Waals surface area contributed by atoms with Gasteiger partial charge in [0.15, 0.2) is 0 Å². The molecule has 1 aromatic carbocycles. The molecule has 10 heteroatoms. The van der Waals surface area contributed by atoms with Gasteiger partial charge in [0.25, 0.3) is 5.91 Å². The number of para-hydroxylation sites is 1. The molecule has 6 nitrogen and oxygen atoms in total. The van der Waals surface area contributed by atoms with Crippen molar-refractivity contribution in [3.8, 4) is 0 Å². The van der Waals surface area contributed by atoms with Crippen molar-refractivity contribution in [2.45, 2.75) is 18.3 Å². The maximum absolute atomic E-state index is 12.6. The van der Waals surface area contributed by atoms with Crippen molar-refractivity contribution < 1.29 is 26.4 Å². The molecule has 3 rings (SSSR count). The van der Waals surface area contributed by atoms with E-state index in [1.54, 1.807) is 6.07 Å². The molecule has 1 aliphatic rings. The van der Waals surface area contributed by atoms with Crippen LogP contribution >= 0.6 is 0 Å². The molecule has 142 valence electrons. The molecular weight excluding hydrogens is 371 g/mol. The third-order valence-corrected chi connectivity index (χ3v) is 6.16. The Bertz CT molecular complexity index is 867. The number of carbonyl (C=O) groups excluding carboxylic acids is 1. The highest BCUT2D eigenvalue weighted by Crippen LogP contribution is 2.30. The molecule has 2 N–H and O–H groups in total. The van der Waals surface area contributed by atoms with E-state index in [9.17, 15) is 26.4 Å². The fraction of sp³-hybridized carbons (Fsp3) is 0.438. The summed E-state index contributed by atoms with van der Waals surface area (Å²) in [5.74, 6) is -0.366. The normalized spacial score (nSPS) is 17.5. The minimum Gasteiger partial charge on any atom is -0.351 e. The summed E-state index contributed by atoms with van der Waals surface area (Å²) in [6.07, 6.45) is 0.532. The van der Waals surface area contributed by atoms with Gasteiger partial charge in [-0.15, -0.1) is 0 Å². The minimum absolute atomic E-state index is 0.0667. The molecule has 0 aliphatic carbocycles. The first kappa shape index (κ1) is 18.7. The van der Waals surface area contributed by atoms with E-state index in [-0.39, 0.29) is 44.3 Å². The van der Waals surface area contributed by atoms with E-state index in [0.29, 0.717) is 10.00 Å². The second kappa shape index (κ2) is 6.92. The van der Waals surface area contributed by atoms with Gasteiger partial charge in [-0.25, -0.2) is 8.42 Å². The van der Waals surface area contributed by atoms with Crippen LogP contribution in [0.5, 0.6) is 0 Å². The van der Waals surface area contributed by atoms with E-state index < -0.39 is 15.5 Å². The monoisotopic (exact) mass is 389 g/mol. The number of carbonyl (C=O) groups is 1. The maximum Gasteiger partial charge on any atom is 0.511 e. The lowest BCUT2D eigenvalue weighted by atomic mass is 9.98. The van der Waals surface area contributed by atoms with Gasteiger partial charge in [0.1, 0.15) is 5.69 Å². The summed E-state index contributed by atoms with van der Waals surface area (Å²) in [6.45, 7) is -0.113. The predicted octanol–water partition coefficient (Wildman–Crippen LogP) is 2.46. The molecule has 0 saturated carbocycles. The number of fused-ring (bicyclic) bond motifs is 1. The largest absolute Gasteiger partial charge is 0.511 e. The first-order valence-electron chi connectivity index (χ1n) is 8.11. The summed E-state index contributed by atoms with van der Waals surface area (Å²) in [6, 6.07) is 9.16. The zero-order valence-electron chi connectivity index (χ0n) is 13.7. The first-order chi connectivity index (χ1) is 12.2. The van der Waals surface area contributed by atoms with Crippen LogP contribution in [0, 0.1) is 5.92 Å². The average molecular weight is 389 g/mol. The molecule has 0 atom stereocenters. The lowest BCUT2D eigenvalue weighted by Crippen LogP contribution is -2.46. The molecule has 1 aliphatic heterocycles. The zero-order valence-corrected chi connectivity index (χ0v) is 14.5. The summed E-state index contributed by atoms with van der Waals surface area (Å²) < 4.78 is 60.9. The molecule has 0 bridgehead atoms. The third-order valence-electron chi connectivity index (χ3n) is 4.53. The first-order valence-corrected chi connectivity index (χ1v) is 9.55. The molecule has 0 radical (unpaired) electrons. The Morgan fingerprint density at radius 1 is 1.23 bits per heavy atom. The Kier molecular flexibility index (Phi) is 4.98. The van der Waals surface area contributed by atoms with Gasteiger partial charge in [-0.3, -0.25) is 4.79 Å². The van der Waals surface area contributed by atoms with Crippen LogP contribution in [0.25, 0.3) is 10.9 Å². The van der Waals surface area contributed by atoms with Crippen molar-refractivity contribution in [2.24, 2.45) is 5.92 Å². The van der Waals surface area contributed by atoms with Crippen LogP contribution < -0.4 is 5.32 Å². The van der Waals surface area contributed by atoms with Crippen molar-refractivity contribution in [1.82, 2.24) is 14.6 Å². The number of aromatic amines is 1. The predicted molar refractivity (Wildman–Crippen MR) is 89.9 cm³/mol. The number of alkyl halides is 3. The Hall–Kier alpha value is -2.07. The number of nitrogens with one attached hydrogen (secondary N) is 2. The van der Waals surface area contributed by atoms with Crippen LogP contribution in [0.4, 0.5) is 13.2 Å². The molecule has 1 aromatic heterocycles. The zero-order chi connectivity index (χ0) is 18.9. The number of sulfonamides is 1. The van der Waals surface area contributed by atoms with Gasteiger partial charge in [-0.2, -0.15) is 17.5 Å². The number of hydrogen-bond donors (Lipinski definition) is 2. The van der Waals surface area contributed by atoms with E-state index in [4.69, 9.17) is 0 Å². The lowest BCUT2D eigenvalue weighted by Gasteiger charge is -2.31. The fourth-order valence-electron chi connectivity index (χ4n) is 3.03. The number of nitrogens with zero attached hydrogens (tertiary/aromatic N) is 1. The van der Waals surface area contributed by atoms with Crippen molar-refractivity contribution >= 4 is 26.8 Å². The molecule has 26 heavy (non-hydrogen) atoms. The Morgan fingerprint density at radius 2 is 1.88 bits per heavy atom. The summed E-state index contributed by atoms with van der Waals surface area (Å²) >= 11 is 0. The standard InChI is InChI=1S/C16H18F3N3O3S/c17-16(18,19)26(24,25)22-7-5-11(6-8-22)10-20-15(23)14-9-12-3-1-2-4-13(12)21-14/h1-4,9,11,21H,5-8,10H2,(H,20,23). The van der Waals surface area contributed by atoms with E-state index >= 15 is 0 Å². The molecular formula is C16H18F3N3O3S. The minimum atomic E-state index is -5.27. The SMILES string of the molecule is O=C(NCC1CCN(S(=O)(=O)C(F)(F)F)CC1)c1cc2ccccc2[nH]1. The highest BCUT2D eigenvalue weighted by molar-refractivity contribution is 7.90. The Labute approximate surface area is 148 Å². The van der Waals surface area contributed by atoms with Crippen LogP contribution in [0.1, 0.15) is 23.3 Å². The summed E-state index contributed by atoms with van der Waals surface area (Å²) in [5.41, 5.74) is -4.03. The summed E-state index contributed by atoms with van der Waals surface area (Å²) in [5, 5.41) is 3.66. The number of benzene rings is 1. The average Bonchev–Trinajstić information content (AvgIpc) is 3.03. The van der Waals surface area contributed by atoms with Crippen LogP contribution in [0.15, 0.2) is 30.3 Å². The van der Waals surface area contributed by atoms with Crippen LogP contribution in [-0.4, -0.2) is 48.8 Å². The number of halogens is 3. The van der Waals surface area contributed by atoms with Crippen LogP contribution in [-0.2, 0) is 10.0 Å². The second-order valence-electron chi connectivity index (χ2n) is 6.27. The number of amides is 1. The van der Waals surface area contributed by atoms with Crippen molar-refractivity contribution in [2.75, 3.05) is 19.6 Å². The van der Waals surface area contributed by atoms with Crippen molar-refractivity contribution in [3.05, 3.63) is 36.0 Å². The highest BCUT2D eigenvalue weighted by atomic mass is 32.2. The van der Waals surface area contributed by atoms with Crippen LogP contribution in [0.2, 0.25) is 0 Å². The van der Waals surface area contributed by atoms with Gasteiger partial charge in [-0.1, -0.05) is 18.2 Å². The number of rotatable bonds is 4. The smallest absolute Gasteiger partial charge is 0.351 e. The van der Waals surface area contributed by atoms with Crippen molar-refractivity contribution in [1.29, 1.82) is 0 Å². The van der Waals surface area contributed by atoms with E-state index in [0.717, 1.165) is 10.9 Å². The second-order valence-corrected chi connectivity index (χ2v) is 8.20. The number of hydrogen-bond acceptors (Lipinski definition) is 3. The van der Waals surface area contributed by atoms with E-state index in [2.05, 4.69) is 10.3 Å². The molecule has 1 saturated heterocycles. The molecule has 2 aromatic rings. The lowest BCUT2D eigenvalue weighted by molar-refractivity contribution is -0.0496. The van der Waals surface area contributed by atoms with Gasteiger partial charge in [0, 0.05) is 30.5 Å². The van der Waals surface area contributed by atoms with E-state index in [1.165, 1.54) is 0 Å². The quantitative estimate of drug-likeness (QED) is 0.843. The van der Waals surface area contributed by atoms with Gasteiger partial charge in [-0.05, 0) is 30.9 Å². The number of piperidine rings is 1. The van der Waals surface area contributed by atoms with Gasteiger partial charge in [0.05, 0.1) is 0 Å². The summed E-state index contributed by atoms with van der Waals surface area (Å²) in [7, 11) is -5.27. The molecule has 0 spiro atoms. The van der Waals surface area contributed by atoms with Crippen LogP contribution in [0.3, 0.4) is 0 Å². The third kappa shape index (κ3) is 3.70. The molecule has 2 heterocycles. The van der Waals surface area contributed by atoms with Crippen molar-refractivity contribution in [3.63, 3.8) is 0 Å². The number of H-pyrrole nitrogens is 1.